The lowest BCUT2D eigenvalue weighted by Gasteiger charge is -2.31. The molecule has 4 nitrogen and oxygen atoms in total. The quantitative estimate of drug-likeness (QED) is 0.423. The second-order valence-corrected chi connectivity index (χ2v) is 11.7. The van der Waals surface area contributed by atoms with Crippen molar-refractivity contribution in [2.75, 3.05) is 18.0 Å². The number of anilines is 1. The summed E-state index contributed by atoms with van der Waals surface area (Å²) >= 11 is 10.8. The molecule has 0 unspecified atom stereocenters. The molecule has 0 N–H and O–H groups in total. The number of nitrogens with zero attached hydrogens (tertiary/aromatic N) is 2. The smallest absolute Gasteiger partial charge is 0.185 e. The number of hydrogen-bond donors (Lipinski definition) is 0. The van der Waals surface area contributed by atoms with Crippen LogP contribution in [-0.2, 0) is 16.3 Å². The molecule has 2 heterocycles. The molecular weight excluding hydrogens is 511 g/mol. The van der Waals surface area contributed by atoms with E-state index in [1.807, 2.05) is 5.38 Å². The zero-order valence-corrected chi connectivity index (χ0v) is 19.9. The molecule has 1 fully saturated rings. The Labute approximate surface area is 192 Å². The minimum atomic E-state index is -3.34. The van der Waals surface area contributed by atoms with Crippen LogP contribution in [0, 0.1) is 5.82 Å². The number of thiazole rings is 1. The Morgan fingerprint density at radius 2 is 1.87 bits per heavy atom. The van der Waals surface area contributed by atoms with Gasteiger partial charge in [0.2, 0.25) is 0 Å². The van der Waals surface area contributed by atoms with Gasteiger partial charge < -0.3 is 4.90 Å². The van der Waals surface area contributed by atoms with Gasteiger partial charge in [-0.25, -0.2) is 17.8 Å². The molecule has 0 amide bonds. The minimum Gasteiger partial charge on any atom is -0.348 e. The lowest BCUT2D eigenvalue weighted by atomic mass is 10.1. The van der Waals surface area contributed by atoms with E-state index in [0.29, 0.717) is 42.3 Å². The van der Waals surface area contributed by atoms with Crippen LogP contribution < -0.4 is 4.90 Å². The van der Waals surface area contributed by atoms with Crippen molar-refractivity contribution >= 4 is 53.8 Å². The number of piperidine rings is 1. The standard InChI is InChI=1S/C21H19BrClFN2O2S2/c22-15-1-3-19(4-2-15)30(27,28)20-5-7-26(8-6-20)21-25-18(13-29-21)11-14-9-16(23)12-17(24)10-14/h1-4,9-10,12-13,20H,5-8,11H2. The van der Waals surface area contributed by atoms with E-state index in [0.717, 1.165) is 20.9 Å². The van der Waals surface area contributed by atoms with Crippen molar-refractivity contribution in [3.05, 3.63) is 74.4 Å². The first-order chi connectivity index (χ1) is 14.3. The Kier molecular flexibility index (Phi) is 6.48. The average Bonchev–Trinajstić information content (AvgIpc) is 3.16. The molecule has 1 aliphatic heterocycles. The summed E-state index contributed by atoms with van der Waals surface area (Å²) in [4.78, 5) is 7.16. The first-order valence-corrected chi connectivity index (χ1v) is 13.0. The van der Waals surface area contributed by atoms with Crippen molar-refractivity contribution in [2.45, 2.75) is 29.4 Å². The Morgan fingerprint density at radius 1 is 1.17 bits per heavy atom. The number of rotatable bonds is 5. The number of benzene rings is 2. The molecule has 0 radical (unpaired) electrons. The SMILES string of the molecule is O=S(=O)(c1ccc(Br)cc1)C1CCN(c2nc(Cc3cc(F)cc(Cl)c3)cs2)CC1. The van der Waals surface area contributed by atoms with Gasteiger partial charge >= 0.3 is 0 Å². The fourth-order valence-electron chi connectivity index (χ4n) is 3.62. The summed E-state index contributed by atoms with van der Waals surface area (Å²) in [5.74, 6) is -0.359. The predicted molar refractivity (Wildman–Crippen MR) is 123 cm³/mol. The Balaban J connectivity index is 1.40. The van der Waals surface area contributed by atoms with Crippen LogP contribution >= 0.6 is 38.9 Å². The topological polar surface area (TPSA) is 50.3 Å². The molecule has 0 atom stereocenters. The maximum absolute atomic E-state index is 13.5. The molecule has 0 aliphatic carbocycles. The summed E-state index contributed by atoms with van der Waals surface area (Å²) in [6, 6.07) is 11.3. The van der Waals surface area contributed by atoms with Crippen LogP contribution in [0.15, 0.2) is 57.2 Å². The maximum Gasteiger partial charge on any atom is 0.185 e. The fraction of sp³-hybridized carbons (Fsp3) is 0.286. The molecule has 158 valence electrons. The highest BCUT2D eigenvalue weighted by Crippen LogP contribution is 2.30. The third kappa shape index (κ3) is 4.88. The maximum atomic E-state index is 13.5. The summed E-state index contributed by atoms with van der Waals surface area (Å²) < 4.78 is 40.2. The Morgan fingerprint density at radius 3 is 2.53 bits per heavy atom. The second kappa shape index (κ2) is 8.94. The van der Waals surface area contributed by atoms with Crippen molar-refractivity contribution in [1.29, 1.82) is 0 Å². The van der Waals surface area contributed by atoms with E-state index in [2.05, 4.69) is 25.8 Å². The summed E-state index contributed by atoms with van der Waals surface area (Å²) in [6.45, 7) is 1.28. The van der Waals surface area contributed by atoms with Crippen LogP contribution in [-0.4, -0.2) is 31.7 Å². The molecule has 4 rings (SSSR count). The van der Waals surface area contributed by atoms with Crippen LogP contribution in [0.25, 0.3) is 0 Å². The number of halogens is 3. The molecule has 0 bridgehead atoms. The highest BCUT2D eigenvalue weighted by molar-refractivity contribution is 9.10. The van der Waals surface area contributed by atoms with Crippen LogP contribution in [0.3, 0.4) is 0 Å². The molecule has 1 aliphatic rings. The van der Waals surface area contributed by atoms with Crippen LogP contribution in [0.1, 0.15) is 24.1 Å². The normalized spacial score (nSPS) is 15.5. The molecule has 2 aromatic carbocycles. The van der Waals surface area contributed by atoms with Crippen molar-refractivity contribution in [2.24, 2.45) is 0 Å². The molecule has 3 aromatic rings. The van der Waals surface area contributed by atoms with Gasteiger partial charge in [-0.1, -0.05) is 27.5 Å². The number of hydrogen-bond acceptors (Lipinski definition) is 5. The van der Waals surface area contributed by atoms with Gasteiger partial charge in [-0.2, -0.15) is 0 Å². The summed E-state index contributed by atoms with van der Waals surface area (Å²) in [5, 5.41) is 2.81. The van der Waals surface area contributed by atoms with E-state index in [4.69, 9.17) is 11.6 Å². The van der Waals surface area contributed by atoms with Gasteiger partial charge in [0.1, 0.15) is 5.82 Å². The van der Waals surface area contributed by atoms with Crippen molar-refractivity contribution in [1.82, 2.24) is 4.98 Å². The van der Waals surface area contributed by atoms with Crippen molar-refractivity contribution < 1.29 is 12.8 Å². The van der Waals surface area contributed by atoms with Gasteiger partial charge in [-0.3, -0.25) is 0 Å². The van der Waals surface area contributed by atoms with E-state index in [9.17, 15) is 12.8 Å². The van der Waals surface area contributed by atoms with Crippen LogP contribution in [0.4, 0.5) is 9.52 Å². The summed E-state index contributed by atoms with van der Waals surface area (Å²) in [7, 11) is -3.34. The highest BCUT2D eigenvalue weighted by atomic mass is 79.9. The molecule has 1 aromatic heterocycles. The monoisotopic (exact) mass is 528 g/mol. The zero-order valence-electron chi connectivity index (χ0n) is 15.9. The first kappa shape index (κ1) is 21.7. The third-order valence-corrected chi connectivity index (χ3v) is 9.12. The van der Waals surface area contributed by atoms with Gasteiger partial charge in [0.15, 0.2) is 15.0 Å². The summed E-state index contributed by atoms with van der Waals surface area (Å²) in [5.41, 5.74) is 1.62. The lowest BCUT2D eigenvalue weighted by molar-refractivity contribution is 0.529. The van der Waals surface area contributed by atoms with Gasteiger partial charge in [0.25, 0.3) is 0 Å². The van der Waals surface area contributed by atoms with E-state index in [1.54, 1.807) is 30.3 Å². The Bertz CT molecular complexity index is 1120. The average molecular weight is 530 g/mol. The van der Waals surface area contributed by atoms with Gasteiger partial charge in [0.05, 0.1) is 15.8 Å². The van der Waals surface area contributed by atoms with Crippen molar-refractivity contribution in [3.8, 4) is 0 Å². The van der Waals surface area contributed by atoms with Crippen LogP contribution in [0.5, 0.6) is 0 Å². The van der Waals surface area contributed by atoms with E-state index < -0.39 is 9.84 Å². The van der Waals surface area contributed by atoms with Gasteiger partial charge in [0, 0.05) is 34.4 Å². The lowest BCUT2D eigenvalue weighted by Crippen LogP contribution is -2.39. The van der Waals surface area contributed by atoms with E-state index in [-0.39, 0.29) is 11.1 Å². The summed E-state index contributed by atoms with van der Waals surface area (Å²) in [6.07, 6.45) is 1.63. The minimum absolute atomic E-state index is 0.359. The van der Waals surface area contributed by atoms with E-state index >= 15 is 0 Å². The number of sulfone groups is 1. The van der Waals surface area contributed by atoms with Gasteiger partial charge in [-0.05, 0) is 60.9 Å². The number of aromatic nitrogens is 1. The molecule has 30 heavy (non-hydrogen) atoms. The Hall–Kier alpha value is -1.48. The van der Waals surface area contributed by atoms with Crippen molar-refractivity contribution in [3.63, 3.8) is 0 Å². The van der Waals surface area contributed by atoms with Gasteiger partial charge in [-0.15, -0.1) is 11.3 Å². The highest BCUT2D eigenvalue weighted by Gasteiger charge is 2.32. The largest absolute Gasteiger partial charge is 0.348 e. The molecule has 9 heteroatoms. The first-order valence-electron chi connectivity index (χ1n) is 9.45. The molecular formula is C21H19BrClFN2O2S2. The molecule has 0 saturated carbocycles. The fourth-order valence-corrected chi connectivity index (χ4v) is 6.74. The molecule has 0 spiro atoms. The predicted octanol–water partition coefficient (Wildman–Crippen LogP) is 5.73. The third-order valence-electron chi connectivity index (χ3n) is 5.14. The molecule has 1 saturated heterocycles. The van der Waals surface area contributed by atoms with E-state index in [1.165, 1.54) is 23.5 Å². The van der Waals surface area contributed by atoms with Crippen LogP contribution in [0.2, 0.25) is 5.02 Å². The second-order valence-electron chi connectivity index (χ2n) is 7.26. The zero-order chi connectivity index (χ0) is 21.3.